The third-order valence-corrected chi connectivity index (χ3v) is 4.35. The SMILES string of the molecule is CN(I)CCC(Oc1ccc2ccccc2c1)c1ccccc1. The maximum atomic E-state index is 6.33. The van der Waals surface area contributed by atoms with Crippen LogP contribution in [-0.4, -0.2) is 16.7 Å². The lowest BCUT2D eigenvalue weighted by Gasteiger charge is -2.21. The van der Waals surface area contributed by atoms with Crippen LogP contribution in [0.4, 0.5) is 0 Å². The first kappa shape index (κ1) is 16.3. The van der Waals surface area contributed by atoms with Crippen LogP contribution in [0.15, 0.2) is 72.8 Å². The Kier molecular flexibility index (Phi) is 5.51. The van der Waals surface area contributed by atoms with Crippen LogP contribution in [0, 0.1) is 0 Å². The van der Waals surface area contributed by atoms with Crippen molar-refractivity contribution in [3.05, 3.63) is 78.4 Å². The third kappa shape index (κ3) is 4.45. The van der Waals surface area contributed by atoms with Crippen molar-refractivity contribution in [1.82, 2.24) is 3.11 Å². The van der Waals surface area contributed by atoms with Crippen molar-refractivity contribution in [2.75, 3.05) is 13.6 Å². The van der Waals surface area contributed by atoms with Crippen molar-refractivity contribution in [3.8, 4) is 5.75 Å². The Morgan fingerprint density at radius 1 is 0.913 bits per heavy atom. The predicted octanol–water partition coefficient (Wildman–Crippen LogP) is 5.63. The van der Waals surface area contributed by atoms with Crippen molar-refractivity contribution in [2.45, 2.75) is 12.5 Å². The molecule has 0 saturated heterocycles. The van der Waals surface area contributed by atoms with E-state index in [1.165, 1.54) is 16.3 Å². The van der Waals surface area contributed by atoms with Gasteiger partial charge in [0.15, 0.2) is 0 Å². The Hall–Kier alpha value is -1.59. The van der Waals surface area contributed by atoms with Crippen LogP contribution in [0.1, 0.15) is 18.1 Å². The second kappa shape index (κ2) is 7.79. The van der Waals surface area contributed by atoms with Gasteiger partial charge in [-0.2, -0.15) is 0 Å². The molecule has 1 atom stereocenters. The lowest BCUT2D eigenvalue weighted by Crippen LogP contribution is -2.15. The number of nitrogens with zero attached hydrogens (tertiary/aromatic N) is 1. The third-order valence-electron chi connectivity index (χ3n) is 3.87. The van der Waals surface area contributed by atoms with E-state index in [1.807, 2.05) is 6.07 Å². The first-order valence-electron chi connectivity index (χ1n) is 7.80. The molecule has 3 aromatic carbocycles. The van der Waals surface area contributed by atoms with Crippen molar-refractivity contribution < 1.29 is 4.74 Å². The van der Waals surface area contributed by atoms with Crippen molar-refractivity contribution >= 4 is 33.6 Å². The summed E-state index contributed by atoms with van der Waals surface area (Å²) in [6, 6.07) is 25.1. The first-order chi connectivity index (χ1) is 11.2. The fraction of sp³-hybridized carbons (Fsp3) is 0.200. The summed E-state index contributed by atoms with van der Waals surface area (Å²) in [6.45, 7) is 0.980. The fourth-order valence-electron chi connectivity index (χ4n) is 2.66. The average Bonchev–Trinajstić information content (AvgIpc) is 2.59. The van der Waals surface area contributed by atoms with E-state index in [0.717, 1.165) is 18.7 Å². The number of halogens is 1. The molecule has 0 bridgehead atoms. The molecule has 0 aliphatic heterocycles. The summed E-state index contributed by atoms with van der Waals surface area (Å²) in [5.41, 5.74) is 1.22. The minimum absolute atomic E-state index is 0.0644. The van der Waals surface area contributed by atoms with E-state index in [9.17, 15) is 0 Å². The summed E-state index contributed by atoms with van der Waals surface area (Å²) in [5, 5.41) is 2.45. The standard InChI is InChI=1S/C20H20INO/c1-22(21)14-13-20(17-8-3-2-4-9-17)23-19-12-11-16-7-5-6-10-18(16)15-19/h2-12,15,20H,13-14H2,1H3. The number of ether oxygens (including phenoxy) is 1. The van der Waals surface area contributed by atoms with Crippen LogP contribution < -0.4 is 4.74 Å². The highest BCUT2D eigenvalue weighted by atomic mass is 127. The van der Waals surface area contributed by atoms with E-state index in [1.54, 1.807) is 0 Å². The molecule has 23 heavy (non-hydrogen) atoms. The van der Waals surface area contributed by atoms with E-state index in [-0.39, 0.29) is 6.10 Å². The Balaban J connectivity index is 1.84. The molecule has 0 N–H and O–H groups in total. The zero-order chi connectivity index (χ0) is 16.1. The normalized spacial score (nSPS) is 12.5. The van der Waals surface area contributed by atoms with E-state index < -0.39 is 0 Å². The van der Waals surface area contributed by atoms with E-state index >= 15 is 0 Å². The molecule has 0 aliphatic carbocycles. The number of hydrogen-bond acceptors (Lipinski definition) is 2. The smallest absolute Gasteiger partial charge is 0.125 e. The Bertz CT molecular complexity index is 758. The molecule has 3 heteroatoms. The van der Waals surface area contributed by atoms with Gasteiger partial charge in [-0.25, -0.2) is 0 Å². The van der Waals surface area contributed by atoms with Gasteiger partial charge in [-0.3, -0.25) is 3.11 Å². The molecule has 118 valence electrons. The average molecular weight is 417 g/mol. The summed E-state index contributed by atoms with van der Waals surface area (Å²) < 4.78 is 8.49. The topological polar surface area (TPSA) is 12.5 Å². The molecule has 0 radical (unpaired) electrons. The fourth-order valence-corrected chi connectivity index (χ4v) is 2.94. The van der Waals surface area contributed by atoms with Crippen LogP contribution in [0.5, 0.6) is 5.75 Å². The molecular formula is C20H20INO. The molecule has 2 nitrogen and oxygen atoms in total. The Labute approximate surface area is 151 Å². The van der Waals surface area contributed by atoms with E-state index in [4.69, 9.17) is 4.74 Å². The zero-order valence-electron chi connectivity index (χ0n) is 13.2. The Morgan fingerprint density at radius 2 is 1.61 bits per heavy atom. The molecule has 0 aromatic heterocycles. The summed E-state index contributed by atoms with van der Waals surface area (Å²) in [5.74, 6) is 0.925. The number of fused-ring (bicyclic) bond motifs is 1. The Morgan fingerprint density at radius 3 is 2.35 bits per heavy atom. The van der Waals surface area contributed by atoms with Gasteiger partial charge in [0, 0.05) is 35.8 Å². The van der Waals surface area contributed by atoms with E-state index in [0.29, 0.717) is 0 Å². The molecule has 1 unspecified atom stereocenters. The van der Waals surface area contributed by atoms with Gasteiger partial charge in [0.2, 0.25) is 0 Å². The van der Waals surface area contributed by atoms with Gasteiger partial charge in [-0.15, -0.1) is 0 Å². The quantitative estimate of drug-likeness (QED) is 0.381. The lowest BCUT2D eigenvalue weighted by molar-refractivity contribution is 0.190. The van der Waals surface area contributed by atoms with Crippen molar-refractivity contribution in [2.24, 2.45) is 0 Å². The van der Waals surface area contributed by atoms with Crippen LogP contribution in [0.25, 0.3) is 10.8 Å². The summed E-state index contributed by atoms with van der Waals surface area (Å²) in [6.07, 6.45) is 1.02. The lowest BCUT2D eigenvalue weighted by atomic mass is 10.1. The minimum Gasteiger partial charge on any atom is -0.486 e. The molecule has 0 amide bonds. The van der Waals surface area contributed by atoms with Crippen LogP contribution in [0.3, 0.4) is 0 Å². The summed E-state index contributed by atoms with van der Waals surface area (Å²) >= 11 is 2.32. The van der Waals surface area contributed by atoms with Crippen molar-refractivity contribution in [3.63, 3.8) is 0 Å². The van der Waals surface area contributed by atoms with Gasteiger partial charge in [-0.1, -0.05) is 60.7 Å². The molecule has 0 saturated carbocycles. The minimum atomic E-state index is 0.0644. The molecule has 0 fully saturated rings. The van der Waals surface area contributed by atoms with Gasteiger partial charge < -0.3 is 4.74 Å². The van der Waals surface area contributed by atoms with Gasteiger partial charge in [0.05, 0.1) is 0 Å². The van der Waals surface area contributed by atoms with Crippen molar-refractivity contribution in [1.29, 1.82) is 0 Å². The molecular weight excluding hydrogens is 397 g/mol. The second-order valence-electron chi connectivity index (χ2n) is 5.64. The van der Waals surface area contributed by atoms with Crippen LogP contribution in [0.2, 0.25) is 0 Å². The van der Waals surface area contributed by atoms with Crippen LogP contribution in [-0.2, 0) is 0 Å². The monoisotopic (exact) mass is 417 g/mol. The predicted molar refractivity (Wildman–Crippen MR) is 105 cm³/mol. The maximum absolute atomic E-state index is 6.33. The molecule has 0 aliphatic rings. The number of benzene rings is 3. The highest BCUT2D eigenvalue weighted by molar-refractivity contribution is 14.1. The molecule has 3 aromatic rings. The van der Waals surface area contributed by atoms with Gasteiger partial charge in [0.1, 0.15) is 11.9 Å². The highest BCUT2D eigenvalue weighted by Gasteiger charge is 2.14. The van der Waals surface area contributed by atoms with E-state index in [2.05, 4.69) is 99.8 Å². The first-order valence-corrected chi connectivity index (χ1v) is 8.76. The molecule has 3 rings (SSSR count). The second-order valence-corrected chi connectivity index (χ2v) is 7.29. The summed E-state index contributed by atoms with van der Waals surface area (Å²) in [4.78, 5) is 0. The molecule has 0 spiro atoms. The maximum Gasteiger partial charge on any atom is 0.125 e. The van der Waals surface area contributed by atoms with Crippen LogP contribution >= 0.6 is 22.9 Å². The summed E-state index contributed by atoms with van der Waals surface area (Å²) in [7, 11) is 2.08. The molecule has 0 heterocycles. The van der Waals surface area contributed by atoms with Gasteiger partial charge in [0.25, 0.3) is 0 Å². The zero-order valence-corrected chi connectivity index (χ0v) is 15.3. The number of hydrogen-bond donors (Lipinski definition) is 0. The largest absolute Gasteiger partial charge is 0.486 e. The number of rotatable bonds is 6. The highest BCUT2D eigenvalue weighted by Crippen LogP contribution is 2.28. The van der Waals surface area contributed by atoms with Gasteiger partial charge in [-0.05, 0) is 35.5 Å². The van der Waals surface area contributed by atoms with Gasteiger partial charge >= 0.3 is 0 Å².